The molecule has 2 aromatic rings. The SMILES string of the molecule is COc1cccc(C=CC(=O)Nc2cccc(Cl)c2)c1OC. The minimum absolute atomic E-state index is 0.257. The van der Waals surface area contributed by atoms with Gasteiger partial charge in [-0.25, -0.2) is 0 Å². The summed E-state index contributed by atoms with van der Waals surface area (Å²) in [5.41, 5.74) is 1.39. The van der Waals surface area contributed by atoms with Gasteiger partial charge in [-0.1, -0.05) is 29.8 Å². The lowest BCUT2D eigenvalue weighted by atomic mass is 10.1. The van der Waals surface area contributed by atoms with Crippen LogP contribution in [0.5, 0.6) is 11.5 Å². The standard InChI is InChI=1S/C17H16ClNO3/c1-21-15-8-3-5-12(17(15)22-2)9-10-16(20)19-14-7-4-6-13(18)11-14/h3-11H,1-2H3,(H,19,20). The van der Waals surface area contributed by atoms with E-state index in [0.717, 1.165) is 5.56 Å². The number of hydrogen-bond acceptors (Lipinski definition) is 3. The summed E-state index contributed by atoms with van der Waals surface area (Å²) < 4.78 is 10.5. The molecular weight excluding hydrogens is 302 g/mol. The zero-order chi connectivity index (χ0) is 15.9. The van der Waals surface area contributed by atoms with E-state index < -0.39 is 0 Å². The maximum atomic E-state index is 11.9. The van der Waals surface area contributed by atoms with Gasteiger partial charge in [0.15, 0.2) is 11.5 Å². The number of carbonyl (C=O) groups excluding carboxylic acids is 1. The van der Waals surface area contributed by atoms with Crippen LogP contribution in [0.15, 0.2) is 48.5 Å². The predicted molar refractivity (Wildman–Crippen MR) is 88.7 cm³/mol. The zero-order valence-corrected chi connectivity index (χ0v) is 13.1. The van der Waals surface area contributed by atoms with E-state index in [2.05, 4.69) is 5.32 Å². The Hall–Kier alpha value is -2.46. The predicted octanol–water partition coefficient (Wildman–Crippen LogP) is 4.01. The Balaban J connectivity index is 2.13. The number of amides is 1. The number of rotatable bonds is 5. The molecule has 5 heteroatoms. The number of carbonyl (C=O) groups is 1. The lowest BCUT2D eigenvalue weighted by Crippen LogP contribution is -2.07. The molecule has 114 valence electrons. The van der Waals surface area contributed by atoms with Crippen LogP contribution in [0.4, 0.5) is 5.69 Å². The molecule has 0 aliphatic carbocycles. The summed E-state index contributed by atoms with van der Waals surface area (Å²) in [6, 6.07) is 12.4. The molecule has 0 saturated carbocycles. The Bertz CT molecular complexity index is 698. The first kappa shape index (κ1) is 15.9. The van der Waals surface area contributed by atoms with Crippen LogP contribution in [0, 0.1) is 0 Å². The normalized spacial score (nSPS) is 10.5. The van der Waals surface area contributed by atoms with Crippen LogP contribution < -0.4 is 14.8 Å². The maximum absolute atomic E-state index is 11.9. The van der Waals surface area contributed by atoms with Crippen LogP contribution in [0.1, 0.15) is 5.56 Å². The molecule has 1 amide bonds. The molecule has 0 spiro atoms. The molecule has 0 aliphatic heterocycles. The minimum Gasteiger partial charge on any atom is -0.493 e. The number of hydrogen-bond donors (Lipinski definition) is 1. The number of anilines is 1. The monoisotopic (exact) mass is 317 g/mol. The topological polar surface area (TPSA) is 47.6 Å². The van der Waals surface area contributed by atoms with Crippen LogP contribution >= 0.6 is 11.6 Å². The van der Waals surface area contributed by atoms with Crippen LogP contribution in [-0.2, 0) is 4.79 Å². The van der Waals surface area contributed by atoms with Gasteiger partial charge in [0.1, 0.15) is 0 Å². The molecule has 22 heavy (non-hydrogen) atoms. The molecule has 0 fully saturated rings. The molecule has 4 nitrogen and oxygen atoms in total. The van der Waals surface area contributed by atoms with Crippen molar-refractivity contribution in [1.82, 2.24) is 0 Å². The number of ether oxygens (including phenoxy) is 2. The number of methoxy groups -OCH3 is 2. The summed E-state index contributed by atoms with van der Waals surface area (Å²) >= 11 is 5.87. The van der Waals surface area contributed by atoms with Gasteiger partial charge in [-0.2, -0.15) is 0 Å². The third-order valence-corrected chi connectivity index (χ3v) is 3.17. The summed E-state index contributed by atoms with van der Waals surface area (Å²) in [5.74, 6) is 0.934. The first-order valence-electron chi connectivity index (χ1n) is 6.59. The highest BCUT2D eigenvalue weighted by atomic mass is 35.5. The van der Waals surface area contributed by atoms with E-state index >= 15 is 0 Å². The molecule has 0 aliphatic rings. The fourth-order valence-electron chi connectivity index (χ4n) is 1.96. The molecule has 2 aromatic carbocycles. The van der Waals surface area contributed by atoms with Gasteiger partial charge in [-0.05, 0) is 30.3 Å². The molecule has 2 rings (SSSR count). The fourth-order valence-corrected chi connectivity index (χ4v) is 2.15. The lowest BCUT2D eigenvalue weighted by molar-refractivity contribution is -0.111. The molecule has 0 saturated heterocycles. The first-order valence-corrected chi connectivity index (χ1v) is 6.97. The van der Waals surface area contributed by atoms with Crippen molar-refractivity contribution >= 4 is 29.3 Å². The van der Waals surface area contributed by atoms with Crippen LogP contribution in [0.3, 0.4) is 0 Å². The van der Waals surface area contributed by atoms with Crippen LogP contribution in [0.2, 0.25) is 5.02 Å². The largest absolute Gasteiger partial charge is 0.493 e. The molecule has 0 radical (unpaired) electrons. The first-order chi connectivity index (χ1) is 10.6. The van der Waals surface area contributed by atoms with Crippen molar-refractivity contribution in [2.75, 3.05) is 19.5 Å². The maximum Gasteiger partial charge on any atom is 0.248 e. The van der Waals surface area contributed by atoms with Gasteiger partial charge in [0.2, 0.25) is 5.91 Å². The van der Waals surface area contributed by atoms with E-state index in [1.165, 1.54) is 6.08 Å². The highest BCUT2D eigenvalue weighted by Crippen LogP contribution is 2.31. The van der Waals surface area contributed by atoms with Crippen molar-refractivity contribution in [3.63, 3.8) is 0 Å². The number of halogens is 1. The smallest absolute Gasteiger partial charge is 0.248 e. The summed E-state index contributed by atoms with van der Waals surface area (Å²) in [6.07, 6.45) is 3.10. The van der Waals surface area contributed by atoms with Gasteiger partial charge in [0, 0.05) is 22.3 Å². The number of para-hydroxylation sites is 1. The van der Waals surface area contributed by atoms with E-state index in [1.807, 2.05) is 12.1 Å². The molecule has 0 bridgehead atoms. The molecule has 0 unspecified atom stereocenters. The van der Waals surface area contributed by atoms with E-state index in [-0.39, 0.29) is 5.91 Å². The van der Waals surface area contributed by atoms with E-state index in [4.69, 9.17) is 21.1 Å². The van der Waals surface area contributed by atoms with E-state index in [0.29, 0.717) is 22.2 Å². The van der Waals surface area contributed by atoms with Crippen LogP contribution in [0.25, 0.3) is 6.08 Å². The van der Waals surface area contributed by atoms with Crippen molar-refractivity contribution in [1.29, 1.82) is 0 Å². The average Bonchev–Trinajstić information content (AvgIpc) is 2.52. The van der Waals surface area contributed by atoms with Crippen molar-refractivity contribution in [3.8, 4) is 11.5 Å². The Kier molecular flexibility index (Phi) is 5.44. The average molecular weight is 318 g/mol. The van der Waals surface area contributed by atoms with Crippen molar-refractivity contribution in [3.05, 3.63) is 59.1 Å². The third kappa shape index (κ3) is 4.02. The summed E-state index contributed by atoms with van der Waals surface area (Å²) in [6.45, 7) is 0. The zero-order valence-electron chi connectivity index (χ0n) is 12.3. The molecule has 0 aromatic heterocycles. The fraction of sp³-hybridized carbons (Fsp3) is 0.118. The Morgan fingerprint density at radius 2 is 1.91 bits per heavy atom. The Labute approximate surface area is 134 Å². The minimum atomic E-state index is -0.257. The summed E-state index contributed by atoms with van der Waals surface area (Å²) in [5, 5.41) is 3.30. The molecule has 0 atom stereocenters. The van der Waals surface area contributed by atoms with Crippen molar-refractivity contribution < 1.29 is 14.3 Å². The quantitative estimate of drug-likeness (QED) is 0.848. The second-order valence-electron chi connectivity index (χ2n) is 4.42. The highest BCUT2D eigenvalue weighted by molar-refractivity contribution is 6.30. The number of nitrogens with one attached hydrogen (secondary N) is 1. The van der Waals surface area contributed by atoms with E-state index in [1.54, 1.807) is 50.6 Å². The Morgan fingerprint density at radius 1 is 1.14 bits per heavy atom. The van der Waals surface area contributed by atoms with E-state index in [9.17, 15) is 4.79 Å². The van der Waals surface area contributed by atoms with Gasteiger partial charge >= 0.3 is 0 Å². The molecule has 0 heterocycles. The van der Waals surface area contributed by atoms with Gasteiger partial charge in [0.05, 0.1) is 14.2 Å². The molecular formula is C17H16ClNO3. The second-order valence-corrected chi connectivity index (χ2v) is 4.85. The Morgan fingerprint density at radius 3 is 2.59 bits per heavy atom. The van der Waals surface area contributed by atoms with Gasteiger partial charge in [0.25, 0.3) is 0 Å². The summed E-state index contributed by atoms with van der Waals surface area (Å²) in [4.78, 5) is 11.9. The van der Waals surface area contributed by atoms with Gasteiger partial charge in [-0.15, -0.1) is 0 Å². The highest BCUT2D eigenvalue weighted by Gasteiger charge is 2.07. The van der Waals surface area contributed by atoms with Crippen molar-refractivity contribution in [2.24, 2.45) is 0 Å². The molecule has 1 N–H and O–H groups in total. The number of benzene rings is 2. The van der Waals surface area contributed by atoms with Gasteiger partial charge < -0.3 is 14.8 Å². The van der Waals surface area contributed by atoms with Gasteiger partial charge in [-0.3, -0.25) is 4.79 Å². The third-order valence-electron chi connectivity index (χ3n) is 2.94. The summed E-state index contributed by atoms with van der Waals surface area (Å²) in [7, 11) is 3.12. The second kappa shape index (κ2) is 7.52. The van der Waals surface area contributed by atoms with Crippen LogP contribution in [-0.4, -0.2) is 20.1 Å². The van der Waals surface area contributed by atoms with Crippen molar-refractivity contribution in [2.45, 2.75) is 0 Å². The lowest BCUT2D eigenvalue weighted by Gasteiger charge is -2.09.